The minimum atomic E-state index is 0. The van der Waals surface area contributed by atoms with Crippen molar-refractivity contribution < 1.29 is 26.1 Å². The van der Waals surface area contributed by atoms with Crippen molar-refractivity contribution in [2.45, 2.75) is 13.1 Å². The summed E-state index contributed by atoms with van der Waals surface area (Å²) in [5, 5.41) is 5.16. The molecule has 0 fully saturated rings. The highest BCUT2D eigenvalue weighted by Crippen LogP contribution is 2.30. The molecule has 0 N–H and O–H groups in total. The molecular weight excluding hydrogens is 420 g/mol. The average molecular weight is 440 g/mol. The Labute approximate surface area is 180 Å². The van der Waals surface area contributed by atoms with Gasteiger partial charge in [-0.1, -0.05) is 60.7 Å². The lowest BCUT2D eigenvalue weighted by atomic mass is 9.98. The monoisotopic (exact) mass is 439 g/mol. The molecule has 0 amide bonds. The molecule has 0 unspecified atom stereocenters. The van der Waals surface area contributed by atoms with E-state index in [1.54, 1.807) is 0 Å². The third-order valence-corrected chi connectivity index (χ3v) is 5.90. The maximum absolute atomic E-state index is 2.42. The number of hydrogen-bond acceptors (Lipinski definition) is 0. The van der Waals surface area contributed by atoms with E-state index < -0.39 is 0 Å². The van der Waals surface area contributed by atoms with Gasteiger partial charge in [-0.2, -0.15) is 9.13 Å². The standard InChI is InChI=1S/C26H20N2.BrH/c1-2-10-22-18-28-16-14-20-8-4-6-12-24(20)26(28)25-23-11-5-3-7-19(23)13-15-27(25)17-21(22)9-1;/h1-16H,17-18H2;1H/q+2;/p-1. The van der Waals surface area contributed by atoms with Gasteiger partial charge in [-0.15, -0.1) is 0 Å². The van der Waals surface area contributed by atoms with E-state index in [1.165, 1.54) is 44.1 Å². The van der Waals surface area contributed by atoms with Crippen LogP contribution in [-0.4, -0.2) is 0 Å². The molecule has 0 saturated carbocycles. The van der Waals surface area contributed by atoms with Crippen molar-refractivity contribution >= 4 is 21.5 Å². The molecule has 29 heavy (non-hydrogen) atoms. The maximum atomic E-state index is 2.42. The first-order valence-electron chi connectivity index (χ1n) is 9.78. The maximum Gasteiger partial charge on any atom is 0.286 e. The lowest BCUT2D eigenvalue weighted by Gasteiger charge is -2.15. The van der Waals surface area contributed by atoms with Crippen molar-refractivity contribution in [1.82, 2.24) is 0 Å². The predicted octanol–water partition coefficient (Wildman–Crippen LogP) is 1.65. The van der Waals surface area contributed by atoms with E-state index in [9.17, 15) is 0 Å². The number of rotatable bonds is 0. The largest absolute Gasteiger partial charge is 1.00 e. The van der Waals surface area contributed by atoms with E-state index in [0.29, 0.717) is 0 Å². The first kappa shape index (κ1) is 18.0. The molecule has 0 spiro atoms. The van der Waals surface area contributed by atoms with Crippen LogP contribution in [0.1, 0.15) is 11.1 Å². The van der Waals surface area contributed by atoms with Gasteiger partial charge in [0.2, 0.25) is 0 Å². The highest BCUT2D eigenvalue weighted by atomic mass is 79.9. The third-order valence-electron chi connectivity index (χ3n) is 5.90. The lowest BCUT2D eigenvalue weighted by molar-refractivity contribution is -0.710. The number of halogens is 1. The first-order valence-corrected chi connectivity index (χ1v) is 9.78. The fourth-order valence-electron chi connectivity index (χ4n) is 4.54. The van der Waals surface area contributed by atoms with Crippen LogP contribution in [-0.2, 0) is 13.1 Å². The molecule has 2 aromatic heterocycles. The molecule has 1 aliphatic rings. The Bertz CT molecular complexity index is 1270. The van der Waals surface area contributed by atoms with Crippen molar-refractivity contribution in [1.29, 1.82) is 0 Å². The van der Waals surface area contributed by atoms with Crippen LogP contribution in [0.5, 0.6) is 0 Å². The molecule has 0 bridgehead atoms. The van der Waals surface area contributed by atoms with Crippen LogP contribution in [0.2, 0.25) is 0 Å². The second-order valence-electron chi connectivity index (χ2n) is 7.53. The van der Waals surface area contributed by atoms with Gasteiger partial charge < -0.3 is 17.0 Å². The topological polar surface area (TPSA) is 7.76 Å². The minimum Gasteiger partial charge on any atom is -1.00 e. The molecule has 2 nitrogen and oxygen atoms in total. The summed E-state index contributed by atoms with van der Waals surface area (Å²) in [7, 11) is 0. The van der Waals surface area contributed by atoms with E-state index >= 15 is 0 Å². The second kappa shape index (κ2) is 7.09. The van der Waals surface area contributed by atoms with Crippen LogP contribution in [0.25, 0.3) is 32.9 Å². The van der Waals surface area contributed by atoms with Crippen molar-refractivity contribution in [2.24, 2.45) is 0 Å². The minimum absolute atomic E-state index is 0. The summed E-state index contributed by atoms with van der Waals surface area (Å²) >= 11 is 0. The summed E-state index contributed by atoms with van der Waals surface area (Å²) in [6.07, 6.45) is 4.48. The summed E-state index contributed by atoms with van der Waals surface area (Å²) in [4.78, 5) is 0. The highest BCUT2D eigenvalue weighted by molar-refractivity contribution is 5.99. The number of fused-ring (bicyclic) bond motifs is 8. The van der Waals surface area contributed by atoms with Gasteiger partial charge in [-0.3, -0.25) is 0 Å². The van der Waals surface area contributed by atoms with E-state index in [-0.39, 0.29) is 17.0 Å². The molecule has 3 heterocycles. The SMILES string of the molecule is [Br-].c1ccc2c(c1)C[n+]1ccc3ccccc3c1-c1c3ccccc3cc[n+]1C2. The Morgan fingerprint density at radius 3 is 1.38 bits per heavy atom. The fourth-order valence-corrected chi connectivity index (χ4v) is 4.54. The van der Waals surface area contributed by atoms with Crippen molar-refractivity contribution in [3.63, 3.8) is 0 Å². The van der Waals surface area contributed by atoms with Gasteiger partial charge >= 0.3 is 0 Å². The summed E-state index contributed by atoms with van der Waals surface area (Å²) in [6.45, 7) is 1.78. The highest BCUT2D eigenvalue weighted by Gasteiger charge is 2.31. The number of pyridine rings is 2. The Balaban J connectivity index is 0.00000181. The average Bonchev–Trinajstić information content (AvgIpc) is 2.74. The number of aromatic nitrogens is 2. The molecule has 3 heteroatoms. The Morgan fingerprint density at radius 2 is 0.897 bits per heavy atom. The summed E-state index contributed by atoms with van der Waals surface area (Å²) in [6, 6.07) is 30.7. The first-order chi connectivity index (χ1) is 13.9. The summed E-state index contributed by atoms with van der Waals surface area (Å²) < 4.78 is 4.83. The zero-order valence-electron chi connectivity index (χ0n) is 15.9. The fraction of sp³-hybridized carbons (Fsp3) is 0.0769. The number of hydrogen-bond donors (Lipinski definition) is 0. The van der Waals surface area contributed by atoms with E-state index in [1.807, 2.05) is 0 Å². The molecule has 6 rings (SSSR count). The van der Waals surface area contributed by atoms with Gasteiger partial charge in [0, 0.05) is 23.3 Å². The molecule has 0 aliphatic carbocycles. The van der Waals surface area contributed by atoms with Gasteiger partial charge in [-0.25, -0.2) is 0 Å². The molecule has 0 saturated heterocycles. The van der Waals surface area contributed by atoms with Gasteiger partial charge in [0.15, 0.2) is 25.5 Å². The van der Waals surface area contributed by atoms with Crippen molar-refractivity contribution in [2.75, 3.05) is 0 Å². The Kier molecular flexibility index (Phi) is 4.40. The van der Waals surface area contributed by atoms with Crippen LogP contribution >= 0.6 is 0 Å². The smallest absolute Gasteiger partial charge is 0.286 e. The van der Waals surface area contributed by atoms with E-state index in [4.69, 9.17) is 0 Å². The van der Waals surface area contributed by atoms with Crippen LogP contribution in [0, 0.1) is 0 Å². The molecule has 1 aliphatic heterocycles. The van der Waals surface area contributed by atoms with Gasteiger partial charge in [-0.05, 0) is 22.9 Å². The van der Waals surface area contributed by atoms with Gasteiger partial charge in [0.1, 0.15) is 0 Å². The second-order valence-corrected chi connectivity index (χ2v) is 7.53. The number of benzene rings is 3. The zero-order valence-corrected chi connectivity index (χ0v) is 17.5. The van der Waals surface area contributed by atoms with Gasteiger partial charge in [0.25, 0.3) is 11.4 Å². The van der Waals surface area contributed by atoms with Crippen molar-refractivity contribution in [3.8, 4) is 11.4 Å². The van der Waals surface area contributed by atoms with Crippen LogP contribution < -0.4 is 26.1 Å². The Morgan fingerprint density at radius 1 is 0.483 bits per heavy atom. The summed E-state index contributed by atoms with van der Waals surface area (Å²) in [5.41, 5.74) is 5.36. The quantitative estimate of drug-likeness (QED) is 0.318. The number of nitrogens with zero attached hydrogens (tertiary/aromatic N) is 2. The normalized spacial score (nSPS) is 12.3. The van der Waals surface area contributed by atoms with Crippen LogP contribution in [0.4, 0.5) is 0 Å². The van der Waals surface area contributed by atoms with E-state index in [2.05, 4.69) is 106 Å². The van der Waals surface area contributed by atoms with Crippen LogP contribution in [0.3, 0.4) is 0 Å². The Hall–Kier alpha value is -3.04. The molecular formula is C26H20BrN2+. The van der Waals surface area contributed by atoms with Crippen LogP contribution in [0.15, 0.2) is 97.3 Å². The zero-order chi connectivity index (χ0) is 18.5. The molecule has 0 radical (unpaired) electrons. The molecule has 3 aromatic carbocycles. The molecule has 0 atom stereocenters. The third kappa shape index (κ3) is 2.85. The molecule has 5 aromatic rings. The predicted molar refractivity (Wildman–Crippen MR) is 112 cm³/mol. The van der Waals surface area contributed by atoms with Crippen molar-refractivity contribution in [3.05, 3.63) is 108 Å². The lowest BCUT2D eigenvalue weighted by Crippen LogP contribution is -3.00. The van der Waals surface area contributed by atoms with Gasteiger partial charge in [0.05, 0.1) is 10.8 Å². The van der Waals surface area contributed by atoms with E-state index in [0.717, 1.165) is 13.1 Å². The summed E-state index contributed by atoms with van der Waals surface area (Å²) in [5.74, 6) is 0. The molecule has 140 valence electrons.